The maximum atomic E-state index is 11.9. The van der Waals surface area contributed by atoms with Gasteiger partial charge in [-0.25, -0.2) is 4.79 Å². The number of hydrogen-bond donors (Lipinski definition) is 3. The number of aliphatic hydroxyl groups excluding tert-OH is 1. The molecule has 0 radical (unpaired) electrons. The fraction of sp³-hybridized carbons (Fsp3) is 0.353. The zero-order chi connectivity index (χ0) is 16.7. The molecule has 6 nitrogen and oxygen atoms in total. The van der Waals surface area contributed by atoms with Crippen LogP contribution in [0, 0.1) is 0 Å². The van der Waals surface area contributed by atoms with Crippen molar-refractivity contribution in [2.75, 3.05) is 27.2 Å². The third-order valence-corrected chi connectivity index (χ3v) is 3.59. The summed E-state index contributed by atoms with van der Waals surface area (Å²) in [6.45, 7) is 0.566. The van der Waals surface area contributed by atoms with Gasteiger partial charge in [0, 0.05) is 6.54 Å². The van der Waals surface area contributed by atoms with Crippen molar-refractivity contribution in [3.8, 4) is 0 Å². The second kappa shape index (κ2) is 8.36. The van der Waals surface area contributed by atoms with Crippen molar-refractivity contribution >= 4 is 6.03 Å². The molecule has 0 aliphatic heterocycles. The van der Waals surface area contributed by atoms with E-state index in [-0.39, 0.29) is 18.6 Å². The first kappa shape index (κ1) is 17.1. The Balaban J connectivity index is 1.80. The van der Waals surface area contributed by atoms with Crippen LogP contribution < -0.4 is 10.6 Å². The number of nitrogens with zero attached hydrogens (tertiary/aromatic N) is 1. The van der Waals surface area contributed by atoms with Crippen molar-refractivity contribution in [1.82, 2.24) is 15.5 Å². The molecular formula is C17H23N3O3. The van der Waals surface area contributed by atoms with Gasteiger partial charge in [-0.3, -0.25) is 0 Å². The molecule has 2 rings (SSSR count). The van der Waals surface area contributed by atoms with Crippen molar-refractivity contribution in [2.45, 2.75) is 12.1 Å². The molecule has 0 aliphatic rings. The summed E-state index contributed by atoms with van der Waals surface area (Å²) in [5, 5.41) is 15.3. The van der Waals surface area contributed by atoms with Crippen LogP contribution in [0.25, 0.3) is 0 Å². The molecule has 0 bridgehead atoms. The number of rotatable bonds is 7. The SMILES string of the molecule is CN(C)C(CNC(=O)NCC(O)c1ccco1)c1ccccc1. The van der Waals surface area contributed by atoms with E-state index >= 15 is 0 Å². The van der Waals surface area contributed by atoms with Gasteiger partial charge in [-0.05, 0) is 31.8 Å². The highest BCUT2D eigenvalue weighted by Gasteiger charge is 2.16. The van der Waals surface area contributed by atoms with Crippen molar-refractivity contribution < 1.29 is 14.3 Å². The minimum Gasteiger partial charge on any atom is -0.467 e. The van der Waals surface area contributed by atoms with E-state index in [4.69, 9.17) is 4.42 Å². The third-order valence-electron chi connectivity index (χ3n) is 3.59. The lowest BCUT2D eigenvalue weighted by molar-refractivity contribution is 0.147. The molecule has 0 spiro atoms. The van der Waals surface area contributed by atoms with Crippen LogP contribution in [-0.4, -0.2) is 43.2 Å². The van der Waals surface area contributed by atoms with Gasteiger partial charge in [0.25, 0.3) is 0 Å². The maximum Gasteiger partial charge on any atom is 0.314 e. The lowest BCUT2D eigenvalue weighted by atomic mass is 10.1. The van der Waals surface area contributed by atoms with E-state index in [0.717, 1.165) is 5.56 Å². The number of benzene rings is 1. The molecule has 2 unspecified atom stereocenters. The number of hydrogen-bond acceptors (Lipinski definition) is 4. The van der Waals surface area contributed by atoms with Gasteiger partial charge >= 0.3 is 6.03 Å². The lowest BCUT2D eigenvalue weighted by Crippen LogP contribution is -2.41. The molecule has 0 saturated carbocycles. The molecule has 124 valence electrons. The first-order chi connectivity index (χ1) is 11.1. The average molecular weight is 317 g/mol. The Kier molecular flexibility index (Phi) is 6.19. The molecule has 23 heavy (non-hydrogen) atoms. The van der Waals surface area contributed by atoms with Crippen LogP contribution in [0.1, 0.15) is 23.5 Å². The highest BCUT2D eigenvalue weighted by molar-refractivity contribution is 5.73. The van der Waals surface area contributed by atoms with Crippen molar-refractivity contribution in [3.05, 3.63) is 60.1 Å². The fourth-order valence-corrected chi connectivity index (χ4v) is 2.30. The summed E-state index contributed by atoms with van der Waals surface area (Å²) in [6, 6.07) is 13.1. The predicted octanol–water partition coefficient (Wildman–Crippen LogP) is 1.92. The molecule has 1 aromatic heterocycles. The van der Waals surface area contributed by atoms with Crippen LogP contribution in [0.3, 0.4) is 0 Å². The molecule has 2 atom stereocenters. The Bertz CT molecular complexity index is 584. The van der Waals surface area contributed by atoms with E-state index in [2.05, 4.69) is 10.6 Å². The molecule has 1 aromatic carbocycles. The minimum atomic E-state index is -0.852. The van der Waals surface area contributed by atoms with E-state index in [9.17, 15) is 9.90 Å². The van der Waals surface area contributed by atoms with Gasteiger partial charge in [0.2, 0.25) is 0 Å². The zero-order valence-electron chi connectivity index (χ0n) is 13.4. The van der Waals surface area contributed by atoms with Crippen LogP contribution in [-0.2, 0) is 0 Å². The van der Waals surface area contributed by atoms with Crippen molar-refractivity contribution in [2.24, 2.45) is 0 Å². The second-order valence-corrected chi connectivity index (χ2v) is 5.51. The number of furan rings is 1. The number of amides is 2. The van der Waals surface area contributed by atoms with Gasteiger partial charge in [0.05, 0.1) is 18.8 Å². The minimum absolute atomic E-state index is 0.0805. The Morgan fingerprint density at radius 2 is 1.83 bits per heavy atom. The Morgan fingerprint density at radius 1 is 1.13 bits per heavy atom. The number of aliphatic hydroxyl groups is 1. The Morgan fingerprint density at radius 3 is 2.43 bits per heavy atom. The first-order valence-electron chi connectivity index (χ1n) is 7.52. The van der Waals surface area contributed by atoms with Crippen LogP contribution in [0.5, 0.6) is 0 Å². The highest BCUT2D eigenvalue weighted by Crippen LogP contribution is 2.16. The van der Waals surface area contributed by atoms with Crippen LogP contribution in [0.4, 0.5) is 4.79 Å². The van der Waals surface area contributed by atoms with Crippen LogP contribution >= 0.6 is 0 Å². The van der Waals surface area contributed by atoms with E-state index in [1.165, 1.54) is 6.26 Å². The van der Waals surface area contributed by atoms with E-state index in [0.29, 0.717) is 12.3 Å². The van der Waals surface area contributed by atoms with E-state index in [1.807, 2.05) is 49.3 Å². The fourth-order valence-electron chi connectivity index (χ4n) is 2.30. The molecule has 1 heterocycles. The van der Waals surface area contributed by atoms with Crippen molar-refractivity contribution in [1.29, 1.82) is 0 Å². The number of likely N-dealkylation sites (N-methyl/N-ethyl adjacent to an activating group) is 1. The average Bonchev–Trinajstić information content (AvgIpc) is 3.08. The predicted molar refractivity (Wildman–Crippen MR) is 87.9 cm³/mol. The van der Waals surface area contributed by atoms with E-state index in [1.54, 1.807) is 12.1 Å². The summed E-state index contributed by atoms with van der Waals surface area (Å²) in [5.74, 6) is 0.431. The lowest BCUT2D eigenvalue weighted by Gasteiger charge is -2.25. The zero-order valence-corrected chi connectivity index (χ0v) is 13.4. The number of carbonyl (C=O) groups excluding carboxylic acids is 1. The Hall–Kier alpha value is -2.31. The highest BCUT2D eigenvalue weighted by atomic mass is 16.4. The molecular weight excluding hydrogens is 294 g/mol. The smallest absolute Gasteiger partial charge is 0.314 e. The number of carbonyl (C=O) groups is 1. The summed E-state index contributed by atoms with van der Waals surface area (Å²) in [5.41, 5.74) is 1.13. The normalized spacial score (nSPS) is 13.6. The summed E-state index contributed by atoms with van der Waals surface area (Å²) >= 11 is 0. The molecule has 0 fully saturated rings. The van der Waals surface area contributed by atoms with Gasteiger partial charge < -0.3 is 25.1 Å². The van der Waals surface area contributed by atoms with E-state index < -0.39 is 6.10 Å². The maximum absolute atomic E-state index is 11.9. The monoisotopic (exact) mass is 317 g/mol. The molecule has 2 aromatic rings. The van der Waals surface area contributed by atoms with Crippen molar-refractivity contribution in [3.63, 3.8) is 0 Å². The molecule has 3 N–H and O–H groups in total. The quantitative estimate of drug-likeness (QED) is 0.729. The standard InChI is InChI=1S/C17H23N3O3/c1-20(2)14(13-7-4-3-5-8-13)11-18-17(22)19-12-15(21)16-9-6-10-23-16/h3-10,14-15,21H,11-12H2,1-2H3,(H2,18,19,22). The molecule has 0 aliphatic carbocycles. The first-order valence-corrected chi connectivity index (χ1v) is 7.52. The van der Waals surface area contributed by atoms with Crippen LogP contribution in [0.15, 0.2) is 53.1 Å². The van der Waals surface area contributed by atoms with Gasteiger partial charge in [-0.2, -0.15) is 0 Å². The number of nitrogens with one attached hydrogen (secondary N) is 2. The third kappa shape index (κ3) is 5.12. The number of urea groups is 1. The Labute approximate surface area is 136 Å². The molecule has 0 saturated heterocycles. The summed E-state index contributed by atoms with van der Waals surface area (Å²) in [4.78, 5) is 13.9. The second-order valence-electron chi connectivity index (χ2n) is 5.51. The summed E-state index contributed by atoms with van der Waals surface area (Å²) < 4.78 is 5.09. The summed E-state index contributed by atoms with van der Waals surface area (Å²) in [6.07, 6.45) is 0.634. The van der Waals surface area contributed by atoms with Gasteiger partial charge in [0.1, 0.15) is 11.9 Å². The van der Waals surface area contributed by atoms with Crippen LogP contribution in [0.2, 0.25) is 0 Å². The largest absolute Gasteiger partial charge is 0.467 e. The molecule has 2 amide bonds. The van der Waals surface area contributed by atoms with Gasteiger partial charge in [0.15, 0.2) is 0 Å². The summed E-state index contributed by atoms with van der Waals surface area (Å²) in [7, 11) is 3.94. The topological polar surface area (TPSA) is 77.7 Å². The molecule has 6 heteroatoms. The van der Waals surface area contributed by atoms with Gasteiger partial charge in [-0.15, -0.1) is 0 Å². The van der Waals surface area contributed by atoms with Gasteiger partial charge in [-0.1, -0.05) is 30.3 Å².